The van der Waals surface area contributed by atoms with E-state index < -0.39 is 71.3 Å². The van der Waals surface area contributed by atoms with Gasteiger partial charge in [-0.3, -0.25) is 28.8 Å². The molecule has 46 heavy (non-hydrogen) atoms. The summed E-state index contributed by atoms with van der Waals surface area (Å²) in [7, 11) is 0. The quantitative estimate of drug-likeness (QED) is 0.244. The number of cyclic esters (lactones) is 4. The molecule has 5 aliphatic rings. The van der Waals surface area contributed by atoms with Crippen LogP contribution >= 0.6 is 0 Å². The number of carbonyl (C=O) groups excluding carboxylic acids is 6. The Balaban J connectivity index is 1.01. The van der Waals surface area contributed by atoms with E-state index in [2.05, 4.69) is 0 Å². The molecule has 6 atom stereocenters. The summed E-state index contributed by atoms with van der Waals surface area (Å²) in [5.41, 5.74) is 1.98. The van der Waals surface area contributed by atoms with Gasteiger partial charge in [-0.05, 0) is 86.8 Å². The first-order valence-corrected chi connectivity index (χ1v) is 16.4. The zero-order valence-corrected chi connectivity index (χ0v) is 25.4. The Morgan fingerprint density at radius 2 is 0.935 bits per heavy atom. The molecule has 0 radical (unpaired) electrons. The Morgan fingerprint density at radius 1 is 0.543 bits per heavy atom. The number of hydrogen-bond acceptors (Lipinski definition) is 10. The second-order valence-electron chi connectivity index (χ2n) is 13.5. The number of fused-ring (bicyclic) bond motifs is 2. The van der Waals surface area contributed by atoms with E-state index in [1.807, 2.05) is 24.3 Å². The first-order valence-electron chi connectivity index (χ1n) is 16.4. The lowest BCUT2D eigenvalue weighted by atomic mass is 9.65. The van der Waals surface area contributed by atoms with Crippen LogP contribution in [0.25, 0.3) is 0 Å². The van der Waals surface area contributed by atoms with Crippen molar-refractivity contribution >= 4 is 35.8 Å². The highest BCUT2D eigenvalue weighted by molar-refractivity contribution is 5.97. The van der Waals surface area contributed by atoms with Gasteiger partial charge in [0.1, 0.15) is 11.5 Å². The lowest BCUT2D eigenvalue weighted by Gasteiger charge is -2.38. The molecule has 2 aliphatic heterocycles. The third kappa shape index (κ3) is 5.52. The van der Waals surface area contributed by atoms with Gasteiger partial charge in [0.15, 0.2) is 0 Å². The van der Waals surface area contributed by atoms with E-state index in [-0.39, 0.29) is 18.3 Å². The lowest BCUT2D eigenvalue weighted by molar-refractivity contribution is -0.155. The van der Waals surface area contributed by atoms with Gasteiger partial charge in [-0.1, -0.05) is 43.5 Å². The van der Waals surface area contributed by atoms with E-state index in [1.165, 1.54) is 0 Å². The predicted octanol–water partition coefficient (Wildman–Crippen LogP) is 4.98. The predicted molar refractivity (Wildman–Crippen MR) is 159 cm³/mol. The summed E-state index contributed by atoms with van der Waals surface area (Å²) in [6.07, 6.45) is 7.54. The summed E-state index contributed by atoms with van der Waals surface area (Å²) in [6.45, 7) is 0. The van der Waals surface area contributed by atoms with Gasteiger partial charge in [0.2, 0.25) is 0 Å². The van der Waals surface area contributed by atoms with Crippen LogP contribution in [-0.2, 0) is 43.7 Å². The highest BCUT2D eigenvalue weighted by atomic mass is 16.6. The lowest BCUT2D eigenvalue weighted by Crippen LogP contribution is -2.33. The molecule has 10 heteroatoms. The van der Waals surface area contributed by atoms with Crippen molar-refractivity contribution in [2.75, 3.05) is 0 Å². The van der Waals surface area contributed by atoms with Crippen molar-refractivity contribution in [1.29, 1.82) is 0 Å². The second kappa shape index (κ2) is 12.1. The van der Waals surface area contributed by atoms with Gasteiger partial charge < -0.3 is 18.9 Å². The number of hydrogen-bond donors (Lipinski definition) is 0. The molecule has 2 saturated heterocycles. The van der Waals surface area contributed by atoms with Gasteiger partial charge in [-0.15, -0.1) is 0 Å². The normalized spacial score (nSPS) is 30.1. The summed E-state index contributed by atoms with van der Waals surface area (Å²) in [5, 5.41) is 0. The van der Waals surface area contributed by atoms with Crippen LogP contribution in [0.3, 0.4) is 0 Å². The topological polar surface area (TPSA) is 139 Å². The van der Waals surface area contributed by atoms with Crippen LogP contribution in [0.4, 0.5) is 0 Å². The summed E-state index contributed by atoms with van der Waals surface area (Å²) < 4.78 is 21.0. The fourth-order valence-electron chi connectivity index (χ4n) is 8.34. The summed E-state index contributed by atoms with van der Waals surface area (Å²) >= 11 is 0. The number of benzene rings is 2. The molecule has 7 rings (SSSR count). The first-order chi connectivity index (χ1) is 22.2. The van der Waals surface area contributed by atoms with Gasteiger partial charge >= 0.3 is 35.8 Å². The second-order valence-corrected chi connectivity index (χ2v) is 13.5. The molecule has 3 saturated carbocycles. The van der Waals surface area contributed by atoms with E-state index in [9.17, 15) is 28.8 Å². The van der Waals surface area contributed by atoms with E-state index in [0.29, 0.717) is 37.2 Å². The van der Waals surface area contributed by atoms with Crippen LogP contribution in [0.15, 0.2) is 48.5 Å². The smallest absolute Gasteiger partial charge is 0.317 e. The largest absolute Gasteiger partial charge is 0.426 e. The molecule has 6 unspecified atom stereocenters. The molecule has 2 heterocycles. The monoisotopic (exact) mass is 628 g/mol. The van der Waals surface area contributed by atoms with Crippen molar-refractivity contribution in [2.24, 2.45) is 35.5 Å². The van der Waals surface area contributed by atoms with E-state index in [1.54, 1.807) is 24.3 Å². The maximum Gasteiger partial charge on any atom is 0.317 e. The van der Waals surface area contributed by atoms with Gasteiger partial charge in [-0.25, -0.2) is 0 Å². The SMILES string of the molecule is O=C(Oc1ccc(C2(c3ccc(OC(=O)C4CCC5C(=O)OC(=O)C5C4)cc3)CCCCC2)cc1)C1CCC2C(=O)OC(=O)C2C1. The van der Waals surface area contributed by atoms with Crippen LogP contribution in [0.5, 0.6) is 11.5 Å². The zero-order valence-electron chi connectivity index (χ0n) is 25.4. The van der Waals surface area contributed by atoms with Crippen molar-refractivity contribution < 1.29 is 47.7 Å². The van der Waals surface area contributed by atoms with Crippen molar-refractivity contribution in [1.82, 2.24) is 0 Å². The zero-order chi connectivity index (χ0) is 32.0. The Bertz CT molecular complexity index is 1460. The number of rotatable bonds is 6. The molecule has 10 nitrogen and oxygen atoms in total. The van der Waals surface area contributed by atoms with Gasteiger partial charge in [0, 0.05) is 5.41 Å². The molecule has 0 aromatic heterocycles. The summed E-state index contributed by atoms with van der Waals surface area (Å²) in [4.78, 5) is 73.7. The van der Waals surface area contributed by atoms with Crippen molar-refractivity contribution in [3.8, 4) is 11.5 Å². The van der Waals surface area contributed by atoms with Crippen LogP contribution in [0, 0.1) is 35.5 Å². The maximum atomic E-state index is 13.0. The molecule has 0 N–H and O–H groups in total. The standard InChI is InChI=1S/C36H36O10/c37-30(20-4-14-26-28(18-20)34(41)45-32(26)39)43-24-10-6-22(7-11-24)36(16-2-1-3-17-36)23-8-12-25(13-9-23)44-31(38)21-5-15-27-29(19-21)35(42)46-33(27)40/h6-13,20-21,26-29H,1-5,14-19H2. The molecule has 2 aromatic carbocycles. The molecule has 240 valence electrons. The number of esters is 6. The van der Waals surface area contributed by atoms with E-state index >= 15 is 0 Å². The van der Waals surface area contributed by atoms with E-state index in [0.717, 1.165) is 43.2 Å². The maximum absolute atomic E-state index is 13.0. The first kappa shape index (κ1) is 30.3. The minimum absolute atomic E-state index is 0.245. The molecular formula is C36H36O10. The number of ether oxygens (including phenoxy) is 4. The van der Waals surface area contributed by atoms with E-state index in [4.69, 9.17) is 18.9 Å². The van der Waals surface area contributed by atoms with Crippen LogP contribution in [0.1, 0.15) is 81.8 Å². The molecule has 2 aromatic rings. The van der Waals surface area contributed by atoms with Gasteiger partial charge in [0.25, 0.3) is 0 Å². The average Bonchev–Trinajstić information content (AvgIpc) is 3.53. The molecule has 0 spiro atoms. The molecular weight excluding hydrogens is 592 g/mol. The van der Waals surface area contributed by atoms with Crippen LogP contribution in [0.2, 0.25) is 0 Å². The summed E-state index contributed by atoms with van der Waals surface area (Å²) in [6, 6.07) is 15.2. The molecule has 5 fully saturated rings. The van der Waals surface area contributed by atoms with Crippen molar-refractivity contribution in [3.05, 3.63) is 59.7 Å². The Labute approximate surface area is 266 Å². The summed E-state index contributed by atoms with van der Waals surface area (Å²) in [5.74, 6) is -4.96. The fourth-order valence-corrected chi connectivity index (χ4v) is 8.34. The van der Waals surface area contributed by atoms with Gasteiger partial charge in [-0.2, -0.15) is 0 Å². The minimum atomic E-state index is -0.568. The van der Waals surface area contributed by atoms with Crippen molar-refractivity contribution in [2.45, 2.75) is 76.0 Å². The molecule has 0 amide bonds. The Hall–Kier alpha value is -4.34. The number of carbonyl (C=O) groups is 6. The molecule has 3 aliphatic carbocycles. The average molecular weight is 629 g/mol. The fraction of sp³-hybridized carbons (Fsp3) is 0.500. The third-order valence-electron chi connectivity index (χ3n) is 10.9. The third-order valence-corrected chi connectivity index (χ3v) is 10.9. The van der Waals surface area contributed by atoms with Gasteiger partial charge in [0.05, 0.1) is 35.5 Å². The Kier molecular flexibility index (Phi) is 7.98. The highest BCUT2D eigenvalue weighted by Gasteiger charge is 2.50. The highest BCUT2D eigenvalue weighted by Crippen LogP contribution is 2.46. The van der Waals surface area contributed by atoms with Crippen LogP contribution < -0.4 is 9.47 Å². The minimum Gasteiger partial charge on any atom is -0.426 e. The molecule has 0 bridgehead atoms. The van der Waals surface area contributed by atoms with Crippen molar-refractivity contribution in [3.63, 3.8) is 0 Å². The Morgan fingerprint density at radius 3 is 1.35 bits per heavy atom. The van der Waals surface area contributed by atoms with Crippen LogP contribution in [-0.4, -0.2) is 35.8 Å².